The summed E-state index contributed by atoms with van der Waals surface area (Å²) < 4.78 is 12.0. The van der Waals surface area contributed by atoms with Gasteiger partial charge < -0.3 is 19.3 Å². The molecule has 0 aromatic carbocycles. The molecule has 1 aliphatic rings. The average Bonchev–Trinajstić information content (AvgIpc) is 2.24. The molecule has 2 unspecified atom stereocenters. The molecule has 124 valence electrons. The normalized spacial score (nSPS) is 20.8. The summed E-state index contributed by atoms with van der Waals surface area (Å²) in [7, 11) is -0.682. The zero-order valence-electron chi connectivity index (χ0n) is 14.5. The van der Waals surface area contributed by atoms with Crippen LogP contribution < -0.4 is 0 Å². The topological polar surface area (TPSA) is 58.9 Å². The van der Waals surface area contributed by atoms with Crippen molar-refractivity contribution in [1.29, 1.82) is 0 Å². The highest BCUT2D eigenvalue weighted by Crippen LogP contribution is 2.62. The molecule has 0 saturated heterocycles. The van der Waals surface area contributed by atoms with Crippen molar-refractivity contribution in [3.05, 3.63) is 0 Å². The fourth-order valence-corrected chi connectivity index (χ4v) is 5.56. The molecule has 2 N–H and O–H groups in total. The van der Waals surface area contributed by atoms with Crippen molar-refractivity contribution in [2.24, 2.45) is 0 Å². The molecule has 0 aromatic rings. The van der Waals surface area contributed by atoms with Crippen LogP contribution in [0.2, 0.25) is 0 Å². The molecule has 0 bridgehead atoms. The second kappa shape index (κ2) is 7.19. The molecule has 0 heterocycles. The molecule has 1 fully saturated rings. The molecule has 0 amide bonds. The standard InChI is InChI=1S/C15H32BO4P/c1-6-12(10-17)19-11-14(2,3)21(18,13-8-7-9-13)20-15(4,5)16/h12,17-18H,6-11,16H2,1-5H3. The predicted molar refractivity (Wildman–Crippen MR) is 92.9 cm³/mol. The molecule has 6 heteroatoms. The fourth-order valence-electron chi connectivity index (χ4n) is 2.36. The van der Waals surface area contributed by atoms with Gasteiger partial charge in [-0.25, -0.2) is 0 Å². The smallest absolute Gasteiger partial charge is 0.143 e. The van der Waals surface area contributed by atoms with Gasteiger partial charge in [0.25, 0.3) is 0 Å². The summed E-state index contributed by atoms with van der Waals surface area (Å²) in [5.41, 5.74) is -0.385. The van der Waals surface area contributed by atoms with E-state index in [4.69, 9.17) is 9.26 Å². The van der Waals surface area contributed by atoms with Crippen molar-refractivity contribution in [1.82, 2.24) is 0 Å². The van der Waals surface area contributed by atoms with Crippen molar-refractivity contribution in [3.8, 4) is 0 Å². The second-order valence-corrected chi connectivity index (χ2v) is 10.7. The van der Waals surface area contributed by atoms with Crippen LogP contribution in [0.1, 0.15) is 60.3 Å². The fraction of sp³-hybridized carbons (Fsp3) is 0.933. The molecule has 0 radical (unpaired) electrons. The number of hydrogen-bond acceptors (Lipinski definition) is 4. The second-order valence-electron chi connectivity index (χ2n) is 7.54. The van der Waals surface area contributed by atoms with E-state index >= 15 is 0 Å². The molecule has 4 nitrogen and oxygen atoms in total. The van der Waals surface area contributed by atoms with E-state index in [-0.39, 0.29) is 18.2 Å². The van der Waals surface area contributed by atoms with Gasteiger partial charge in [-0.2, -0.15) is 0 Å². The van der Waals surface area contributed by atoms with Gasteiger partial charge in [-0.3, -0.25) is 0 Å². The Bertz CT molecular complexity index is 391. The Morgan fingerprint density at radius 3 is 2.19 bits per heavy atom. The molecule has 1 saturated carbocycles. The van der Waals surface area contributed by atoms with Crippen molar-refractivity contribution in [3.63, 3.8) is 0 Å². The van der Waals surface area contributed by atoms with Gasteiger partial charge in [0.15, 0.2) is 0 Å². The maximum atomic E-state index is 11.4. The molecule has 0 aromatic heterocycles. The Balaban J connectivity index is 2.97. The average molecular weight is 318 g/mol. The van der Waals surface area contributed by atoms with E-state index in [1.165, 1.54) is 5.29 Å². The Labute approximate surface area is 130 Å². The molecule has 2 atom stereocenters. The number of aliphatic hydroxyl groups is 1. The number of aliphatic hydroxyl groups excluding tert-OH is 1. The van der Waals surface area contributed by atoms with Crippen LogP contribution >= 0.6 is 7.34 Å². The third-order valence-electron chi connectivity index (χ3n) is 3.92. The minimum atomic E-state index is -2.67. The van der Waals surface area contributed by atoms with Crippen molar-refractivity contribution in [2.75, 3.05) is 13.2 Å². The highest BCUT2D eigenvalue weighted by atomic mass is 31.2. The molecule has 1 rings (SSSR count). The van der Waals surface area contributed by atoms with Gasteiger partial charge in [-0.15, -0.1) is 0 Å². The first-order chi connectivity index (χ1) is 9.55. The van der Waals surface area contributed by atoms with E-state index in [1.807, 2.05) is 42.5 Å². The first kappa shape index (κ1) is 19.3. The molecular weight excluding hydrogens is 286 g/mol. The summed E-state index contributed by atoms with van der Waals surface area (Å²) >= 11 is 0. The Kier molecular flexibility index (Phi) is 6.59. The minimum absolute atomic E-state index is 0.0140. The van der Waals surface area contributed by atoms with Crippen LogP contribution in [0.15, 0.2) is 0 Å². The van der Waals surface area contributed by atoms with Crippen LogP contribution in [0.25, 0.3) is 0 Å². The first-order valence-electron chi connectivity index (χ1n) is 7.96. The predicted octanol–water partition coefficient (Wildman–Crippen LogP) is 2.13. The lowest BCUT2D eigenvalue weighted by Crippen LogP contribution is -2.38. The van der Waals surface area contributed by atoms with Crippen LogP contribution in [-0.2, 0) is 9.26 Å². The zero-order valence-corrected chi connectivity index (χ0v) is 15.4. The van der Waals surface area contributed by atoms with E-state index in [2.05, 4.69) is 0 Å². The van der Waals surface area contributed by atoms with Gasteiger partial charge in [-0.1, -0.05) is 6.92 Å². The lowest BCUT2D eigenvalue weighted by atomic mass is 9.86. The lowest BCUT2D eigenvalue weighted by molar-refractivity contribution is -0.000495. The first-order valence-corrected chi connectivity index (χ1v) is 9.62. The number of hydrogen-bond donors (Lipinski definition) is 2. The van der Waals surface area contributed by atoms with Crippen LogP contribution in [0.5, 0.6) is 0 Å². The zero-order chi connectivity index (χ0) is 16.3. The third-order valence-corrected chi connectivity index (χ3v) is 7.80. The van der Waals surface area contributed by atoms with Crippen LogP contribution in [-0.4, -0.2) is 53.1 Å². The van der Waals surface area contributed by atoms with Gasteiger partial charge in [0.2, 0.25) is 0 Å². The summed E-state index contributed by atoms with van der Waals surface area (Å²) in [5, 5.41) is 9.97. The maximum Gasteiger partial charge on any atom is 0.143 e. The number of ether oxygens (including phenoxy) is 1. The Hall–Kier alpha value is 0.205. The van der Waals surface area contributed by atoms with E-state index in [1.54, 1.807) is 0 Å². The minimum Gasteiger partial charge on any atom is -0.394 e. The van der Waals surface area contributed by atoms with Gasteiger partial charge in [0, 0.05) is 5.50 Å². The quantitative estimate of drug-likeness (QED) is 0.532. The van der Waals surface area contributed by atoms with Gasteiger partial charge >= 0.3 is 0 Å². The van der Waals surface area contributed by atoms with Gasteiger partial charge in [-0.05, 0) is 58.7 Å². The van der Waals surface area contributed by atoms with Crippen molar-refractivity contribution < 1.29 is 19.3 Å². The Morgan fingerprint density at radius 1 is 1.29 bits per heavy atom. The van der Waals surface area contributed by atoms with E-state index in [9.17, 15) is 10.00 Å². The monoisotopic (exact) mass is 318 g/mol. The van der Waals surface area contributed by atoms with Crippen LogP contribution in [0.3, 0.4) is 0 Å². The summed E-state index contributed by atoms with van der Waals surface area (Å²) in [4.78, 5) is 11.4. The molecule has 0 aliphatic heterocycles. The summed E-state index contributed by atoms with van der Waals surface area (Å²) in [6.07, 6.45) is 3.65. The largest absolute Gasteiger partial charge is 0.394 e. The maximum absolute atomic E-state index is 11.4. The summed E-state index contributed by atoms with van der Waals surface area (Å²) in [5.74, 6) is 0. The highest BCUT2D eigenvalue weighted by Gasteiger charge is 2.43. The molecule has 21 heavy (non-hydrogen) atoms. The molecule has 1 aliphatic carbocycles. The summed E-state index contributed by atoms with van der Waals surface area (Å²) in [6.45, 7) is 10.4. The van der Waals surface area contributed by atoms with E-state index < -0.39 is 12.5 Å². The van der Waals surface area contributed by atoms with Gasteiger partial charge in [0.05, 0.1) is 24.5 Å². The van der Waals surface area contributed by atoms with E-state index in [0.29, 0.717) is 6.61 Å². The van der Waals surface area contributed by atoms with Crippen molar-refractivity contribution in [2.45, 2.75) is 77.1 Å². The SMILES string of the molecule is BC(C)(C)OP(O)(=C1CCC1)C(C)(C)COC(CC)CO. The van der Waals surface area contributed by atoms with Crippen LogP contribution in [0, 0.1) is 0 Å². The summed E-state index contributed by atoms with van der Waals surface area (Å²) in [6, 6.07) is 0. The Morgan fingerprint density at radius 2 is 1.86 bits per heavy atom. The van der Waals surface area contributed by atoms with Crippen molar-refractivity contribution >= 4 is 20.5 Å². The lowest BCUT2D eigenvalue weighted by Gasteiger charge is -2.44. The third kappa shape index (κ3) is 4.84. The van der Waals surface area contributed by atoms with Crippen LogP contribution in [0.4, 0.5) is 0 Å². The number of rotatable bonds is 8. The molecular formula is C15H32BO4P. The van der Waals surface area contributed by atoms with E-state index in [0.717, 1.165) is 25.7 Å². The molecule has 0 spiro atoms. The van der Waals surface area contributed by atoms with Gasteiger partial charge in [0.1, 0.15) is 15.2 Å². The highest BCUT2D eigenvalue weighted by molar-refractivity contribution is 7.68.